The smallest absolute Gasteiger partial charge is 0.405 e. The summed E-state index contributed by atoms with van der Waals surface area (Å²) in [4.78, 5) is 60.3. The molecule has 270 valence electrons. The van der Waals surface area contributed by atoms with E-state index in [4.69, 9.17) is 9.47 Å². The van der Waals surface area contributed by atoms with Crippen LogP contribution < -0.4 is 24.8 Å². The van der Waals surface area contributed by atoms with Crippen molar-refractivity contribution >= 4 is 44.6 Å². The fourth-order valence-electron chi connectivity index (χ4n) is 7.34. The standard InChI is InChI=1S/C35H45N5O9S/c1-4-21-15-20(2)9-5-7-11-23-18-35(23,33(43)39-50(46,47)25-13-14-25)38-30(41)27-17-24(19-40(27)32(42)29(21)37-34(44)45)49-31-26-12-8-6-10-22(26)16-28(36-31)48-3/h6-8,10-12,16,20-21,23-25,27,29,37H,4-5,9,13-15,17-19H2,1-3H3,(H,38,41)(H,39,43)(H,44,45)/b11-7-/t20-,21+,23+,24+,27-,29-,35+/m0/s1. The molecule has 4 aliphatic rings. The molecule has 1 aromatic heterocycles. The third kappa shape index (κ3) is 7.37. The number of aromatic nitrogens is 1. The predicted molar refractivity (Wildman–Crippen MR) is 183 cm³/mol. The summed E-state index contributed by atoms with van der Waals surface area (Å²) in [5, 5.41) is 16.0. The van der Waals surface area contributed by atoms with Crippen LogP contribution in [0.4, 0.5) is 4.79 Å². The lowest BCUT2D eigenvalue weighted by atomic mass is 9.85. The number of rotatable bonds is 8. The Morgan fingerprint density at radius 1 is 1.16 bits per heavy atom. The number of carbonyl (C=O) groups excluding carboxylic acids is 3. The van der Waals surface area contributed by atoms with Crippen LogP contribution in [0.15, 0.2) is 42.5 Å². The highest BCUT2D eigenvalue weighted by molar-refractivity contribution is 7.91. The number of nitrogens with one attached hydrogen (secondary N) is 3. The number of amides is 4. The van der Waals surface area contributed by atoms with Crippen LogP contribution in [-0.2, 0) is 24.4 Å². The number of methoxy groups -OCH3 is 1. The van der Waals surface area contributed by atoms with E-state index in [0.717, 1.165) is 11.8 Å². The first-order valence-electron chi connectivity index (χ1n) is 17.3. The van der Waals surface area contributed by atoms with Crippen LogP contribution in [0, 0.1) is 17.8 Å². The van der Waals surface area contributed by atoms with Crippen molar-refractivity contribution in [3.63, 3.8) is 0 Å². The first-order valence-corrected chi connectivity index (χ1v) is 18.8. The zero-order valence-electron chi connectivity index (χ0n) is 28.5. The Bertz CT molecular complexity index is 1800. The van der Waals surface area contributed by atoms with E-state index < -0.39 is 68.7 Å². The van der Waals surface area contributed by atoms with Crippen LogP contribution in [0.5, 0.6) is 11.8 Å². The van der Waals surface area contributed by atoms with E-state index in [1.807, 2.05) is 50.3 Å². The highest BCUT2D eigenvalue weighted by Crippen LogP contribution is 2.46. The number of benzene rings is 1. The van der Waals surface area contributed by atoms with Crippen LogP contribution in [0.25, 0.3) is 10.8 Å². The van der Waals surface area contributed by atoms with E-state index in [-0.39, 0.29) is 37.1 Å². The number of carboxylic acid groups (broad SMARTS) is 1. The lowest BCUT2D eigenvalue weighted by Gasteiger charge is -2.33. The summed E-state index contributed by atoms with van der Waals surface area (Å²) in [6.45, 7) is 3.89. The Kier molecular flexibility index (Phi) is 9.98. The molecule has 0 spiro atoms. The molecule has 1 aromatic carbocycles. The van der Waals surface area contributed by atoms with Gasteiger partial charge < -0.3 is 30.1 Å². The molecule has 6 rings (SSSR count). The van der Waals surface area contributed by atoms with Gasteiger partial charge in [-0.15, -0.1) is 0 Å². The van der Waals surface area contributed by atoms with Gasteiger partial charge in [0.05, 0.1) is 18.9 Å². The Hall–Kier alpha value is -4.40. The van der Waals surface area contributed by atoms with Gasteiger partial charge in [0.15, 0.2) is 0 Å². The minimum Gasteiger partial charge on any atom is -0.481 e. The molecule has 0 bridgehead atoms. The van der Waals surface area contributed by atoms with Crippen molar-refractivity contribution in [2.45, 2.75) is 94.2 Å². The number of carbonyl (C=O) groups is 4. The van der Waals surface area contributed by atoms with Crippen molar-refractivity contribution in [2.75, 3.05) is 13.7 Å². The molecule has 2 aromatic rings. The van der Waals surface area contributed by atoms with Crippen molar-refractivity contribution in [3.05, 3.63) is 42.5 Å². The SMILES string of the molecule is CC[C@@H]1C[C@@H](C)CC/C=C\[C@@H]2C[C@@]2(C(=O)NS(=O)(=O)C2CC2)NC(=O)[C@@H]2C[C@@H](Oc3nc(OC)cc4ccccc34)CN2C(=O)[C@H]1NC(=O)O. The topological polar surface area (TPSA) is 193 Å². The van der Waals surface area contributed by atoms with Crippen LogP contribution in [-0.4, -0.2) is 89.9 Å². The lowest BCUT2D eigenvalue weighted by molar-refractivity contribution is -0.142. The average molecular weight is 712 g/mol. The van der Waals surface area contributed by atoms with Crippen LogP contribution in [0.1, 0.15) is 65.2 Å². The van der Waals surface area contributed by atoms with Gasteiger partial charge in [-0.3, -0.25) is 19.1 Å². The summed E-state index contributed by atoms with van der Waals surface area (Å²) in [5.74, 6) is -2.15. The van der Waals surface area contributed by atoms with Crippen LogP contribution in [0.2, 0.25) is 0 Å². The Morgan fingerprint density at radius 2 is 1.92 bits per heavy atom. The zero-order valence-corrected chi connectivity index (χ0v) is 29.3. The highest BCUT2D eigenvalue weighted by atomic mass is 32.2. The highest BCUT2D eigenvalue weighted by Gasteiger charge is 2.62. The van der Waals surface area contributed by atoms with Gasteiger partial charge in [0, 0.05) is 23.8 Å². The number of hydrogen-bond donors (Lipinski definition) is 4. The van der Waals surface area contributed by atoms with Gasteiger partial charge >= 0.3 is 6.09 Å². The molecule has 4 N–H and O–H groups in total. The normalized spacial score (nSPS) is 30.9. The second kappa shape index (κ2) is 14.1. The predicted octanol–water partition coefficient (Wildman–Crippen LogP) is 3.11. The van der Waals surface area contributed by atoms with Gasteiger partial charge in [0.2, 0.25) is 33.6 Å². The molecule has 3 fully saturated rings. The maximum Gasteiger partial charge on any atom is 0.405 e. The van der Waals surface area contributed by atoms with Gasteiger partial charge in [-0.25, -0.2) is 13.2 Å². The maximum absolute atomic E-state index is 14.5. The van der Waals surface area contributed by atoms with Crippen molar-refractivity contribution in [3.8, 4) is 11.8 Å². The molecule has 14 nitrogen and oxygen atoms in total. The summed E-state index contributed by atoms with van der Waals surface area (Å²) in [6.07, 6.45) is 5.32. The summed E-state index contributed by atoms with van der Waals surface area (Å²) in [5.41, 5.74) is -1.52. The third-order valence-electron chi connectivity index (χ3n) is 10.4. The summed E-state index contributed by atoms with van der Waals surface area (Å²) < 4.78 is 39.6. The molecule has 50 heavy (non-hydrogen) atoms. The van der Waals surface area contributed by atoms with Gasteiger partial charge in [-0.05, 0) is 61.8 Å². The van der Waals surface area contributed by atoms with Crippen LogP contribution in [0.3, 0.4) is 0 Å². The van der Waals surface area contributed by atoms with E-state index in [0.29, 0.717) is 43.4 Å². The van der Waals surface area contributed by atoms with Gasteiger partial charge in [-0.1, -0.05) is 50.6 Å². The third-order valence-corrected chi connectivity index (χ3v) is 12.2. The fourth-order valence-corrected chi connectivity index (χ4v) is 8.71. The average Bonchev–Trinajstić information content (AvgIpc) is 4.01. The molecule has 0 unspecified atom stereocenters. The maximum atomic E-state index is 14.5. The van der Waals surface area contributed by atoms with Crippen molar-refractivity contribution in [1.82, 2.24) is 25.2 Å². The number of ether oxygens (including phenoxy) is 2. The molecule has 2 aliphatic heterocycles. The molecular formula is C35H45N5O9S. The van der Waals surface area contributed by atoms with Crippen molar-refractivity contribution in [1.29, 1.82) is 0 Å². The molecule has 15 heteroatoms. The summed E-state index contributed by atoms with van der Waals surface area (Å²) in [6, 6.07) is 6.88. The number of pyridine rings is 1. The number of allylic oxidation sites excluding steroid dienone is 1. The summed E-state index contributed by atoms with van der Waals surface area (Å²) >= 11 is 0. The second-order valence-electron chi connectivity index (χ2n) is 14.1. The van der Waals surface area contributed by atoms with Gasteiger partial charge in [-0.2, -0.15) is 4.98 Å². The Labute approximate surface area is 291 Å². The quantitative estimate of drug-likeness (QED) is 0.296. The number of fused-ring (bicyclic) bond motifs is 3. The first-order chi connectivity index (χ1) is 23.8. The molecule has 4 amide bonds. The largest absolute Gasteiger partial charge is 0.481 e. The van der Waals surface area contributed by atoms with Crippen molar-refractivity contribution in [2.24, 2.45) is 17.8 Å². The molecule has 1 saturated heterocycles. The fraction of sp³-hybridized carbons (Fsp3) is 0.571. The molecular weight excluding hydrogens is 666 g/mol. The minimum absolute atomic E-state index is 0.0103. The van der Waals surface area contributed by atoms with E-state index in [9.17, 15) is 32.7 Å². The van der Waals surface area contributed by atoms with E-state index in [2.05, 4.69) is 20.3 Å². The number of sulfonamides is 1. The van der Waals surface area contributed by atoms with Crippen molar-refractivity contribution < 1.29 is 42.2 Å². The van der Waals surface area contributed by atoms with E-state index in [1.165, 1.54) is 12.0 Å². The zero-order chi connectivity index (χ0) is 35.8. The molecule has 7 atom stereocenters. The Morgan fingerprint density at radius 3 is 2.62 bits per heavy atom. The molecule has 3 heterocycles. The minimum atomic E-state index is -3.90. The number of nitrogens with zero attached hydrogens (tertiary/aromatic N) is 2. The first kappa shape index (κ1) is 35.4. The Balaban J connectivity index is 1.36. The van der Waals surface area contributed by atoms with Gasteiger partial charge in [0.1, 0.15) is 23.7 Å². The van der Waals surface area contributed by atoms with E-state index in [1.54, 1.807) is 6.07 Å². The van der Waals surface area contributed by atoms with Gasteiger partial charge in [0.25, 0.3) is 5.91 Å². The van der Waals surface area contributed by atoms with E-state index >= 15 is 0 Å². The lowest BCUT2D eigenvalue weighted by Crippen LogP contribution is -2.59. The molecule has 2 aliphatic carbocycles. The monoisotopic (exact) mass is 711 g/mol. The number of hydrogen-bond acceptors (Lipinski definition) is 9. The molecule has 0 radical (unpaired) electrons. The molecule has 2 saturated carbocycles. The summed E-state index contributed by atoms with van der Waals surface area (Å²) in [7, 11) is -2.41. The second-order valence-corrected chi connectivity index (χ2v) is 16.0. The van der Waals surface area contributed by atoms with Crippen LogP contribution >= 0.6 is 0 Å².